The predicted octanol–water partition coefficient (Wildman–Crippen LogP) is 4.15. The van der Waals surface area contributed by atoms with E-state index < -0.39 is 0 Å². The number of ether oxygens (including phenoxy) is 1. The van der Waals surface area contributed by atoms with Crippen molar-refractivity contribution in [2.75, 3.05) is 18.9 Å². The molecule has 0 heterocycles. The normalized spacial score (nSPS) is 9.83. The summed E-state index contributed by atoms with van der Waals surface area (Å²) in [6.07, 6.45) is 1.29. The molecule has 2 aromatic rings. The standard InChI is InChI=1S/C18H22N2O2.ClH/c1-14-10-11-17(22-15-7-4-3-5-8-15)16(13-14)20-18(21)9-6-12-19-2;/h3-5,7-8,10-11,13,19H,6,9,12H2,1-2H3,(H,20,21);1H. The zero-order valence-corrected chi connectivity index (χ0v) is 14.3. The fraction of sp³-hybridized carbons (Fsp3) is 0.278. The second-order valence-corrected chi connectivity index (χ2v) is 5.17. The Morgan fingerprint density at radius 2 is 1.87 bits per heavy atom. The molecule has 2 rings (SSSR count). The summed E-state index contributed by atoms with van der Waals surface area (Å²) in [5, 5.41) is 5.97. The van der Waals surface area contributed by atoms with Crippen molar-refractivity contribution in [2.45, 2.75) is 19.8 Å². The average molecular weight is 335 g/mol. The average Bonchev–Trinajstić information content (AvgIpc) is 2.51. The molecule has 0 radical (unpaired) electrons. The van der Waals surface area contributed by atoms with Crippen LogP contribution in [0.25, 0.3) is 0 Å². The molecule has 2 N–H and O–H groups in total. The van der Waals surface area contributed by atoms with Crippen molar-refractivity contribution in [3.05, 3.63) is 54.1 Å². The Bertz CT molecular complexity index is 618. The zero-order chi connectivity index (χ0) is 15.8. The van der Waals surface area contributed by atoms with Crippen LogP contribution in [0.3, 0.4) is 0 Å². The third-order valence-corrected chi connectivity index (χ3v) is 3.21. The van der Waals surface area contributed by atoms with Crippen molar-refractivity contribution in [1.29, 1.82) is 0 Å². The molecule has 23 heavy (non-hydrogen) atoms. The molecule has 124 valence electrons. The topological polar surface area (TPSA) is 50.4 Å². The summed E-state index contributed by atoms with van der Waals surface area (Å²) in [7, 11) is 1.88. The summed E-state index contributed by atoms with van der Waals surface area (Å²) in [5.74, 6) is 1.40. The van der Waals surface area contributed by atoms with E-state index in [0.29, 0.717) is 17.9 Å². The minimum atomic E-state index is -0.00115. The Hall–Kier alpha value is -2.04. The smallest absolute Gasteiger partial charge is 0.224 e. The molecule has 1 amide bonds. The van der Waals surface area contributed by atoms with Gasteiger partial charge in [-0.1, -0.05) is 24.3 Å². The molecule has 0 aliphatic heterocycles. The lowest BCUT2D eigenvalue weighted by Crippen LogP contribution is -2.15. The van der Waals surface area contributed by atoms with Crippen LogP contribution in [-0.4, -0.2) is 19.5 Å². The maximum Gasteiger partial charge on any atom is 0.224 e. The van der Waals surface area contributed by atoms with E-state index in [1.165, 1.54) is 0 Å². The maximum absolute atomic E-state index is 12.0. The number of amides is 1. The lowest BCUT2D eigenvalue weighted by Gasteiger charge is -2.13. The first kappa shape index (κ1) is 19.0. The van der Waals surface area contributed by atoms with Gasteiger partial charge >= 0.3 is 0 Å². The van der Waals surface area contributed by atoms with Crippen LogP contribution in [0.2, 0.25) is 0 Å². The molecule has 0 fully saturated rings. The Balaban J connectivity index is 0.00000264. The summed E-state index contributed by atoms with van der Waals surface area (Å²) in [6.45, 7) is 2.82. The molecule has 4 nitrogen and oxygen atoms in total. The largest absolute Gasteiger partial charge is 0.455 e. The highest BCUT2D eigenvalue weighted by Gasteiger charge is 2.09. The number of benzene rings is 2. The number of hydrogen-bond donors (Lipinski definition) is 2. The molecule has 2 aromatic carbocycles. The van der Waals surface area contributed by atoms with Gasteiger partial charge in [0.25, 0.3) is 0 Å². The van der Waals surface area contributed by atoms with Crippen molar-refractivity contribution in [1.82, 2.24) is 5.32 Å². The number of rotatable bonds is 7. The number of para-hydroxylation sites is 1. The van der Waals surface area contributed by atoms with Gasteiger partial charge in [-0.25, -0.2) is 0 Å². The van der Waals surface area contributed by atoms with E-state index in [9.17, 15) is 4.79 Å². The second-order valence-electron chi connectivity index (χ2n) is 5.17. The van der Waals surface area contributed by atoms with Gasteiger partial charge in [0.05, 0.1) is 5.69 Å². The molecule has 0 spiro atoms. The number of nitrogens with one attached hydrogen (secondary N) is 2. The third kappa shape index (κ3) is 6.30. The number of halogens is 1. The highest BCUT2D eigenvalue weighted by atomic mass is 35.5. The fourth-order valence-corrected chi connectivity index (χ4v) is 2.08. The Morgan fingerprint density at radius 1 is 1.13 bits per heavy atom. The van der Waals surface area contributed by atoms with Crippen molar-refractivity contribution in [2.24, 2.45) is 0 Å². The third-order valence-electron chi connectivity index (χ3n) is 3.21. The van der Waals surface area contributed by atoms with E-state index in [2.05, 4.69) is 10.6 Å². The van der Waals surface area contributed by atoms with Gasteiger partial charge in [-0.15, -0.1) is 12.4 Å². The van der Waals surface area contributed by atoms with Crippen LogP contribution in [0.4, 0.5) is 5.69 Å². The van der Waals surface area contributed by atoms with Crippen molar-refractivity contribution in [3.8, 4) is 11.5 Å². The number of anilines is 1. The summed E-state index contributed by atoms with van der Waals surface area (Å²) in [5.41, 5.74) is 1.78. The molecule has 0 aliphatic rings. The van der Waals surface area contributed by atoms with Gasteiger partial charge in [0.15, 0.2) is 5.75 Å². The van der Waals surface area contributed by atoms with Gasteiger partial charge in [0, 0.05) is 6.42 Å². The van der Waals surface area contributed by atoms with Gasteiger partial charge < -0.3 is 15.4 Å². The van der Waals surface area contributed by atoms with Gasteiger partial charge in [0.1, 0.15) is 5.75 Å². The predicted molar refractivity (Wildman–Crippen MR) is 96.7 cm³/mol. The van der Waals surface area contributed by atoms with Gasteiger partial charge in [-0.05, 0) is 56.8 Å². The van der Waals surface area contributed by atoms with E-state index in [1.54, 1.807) is 0 Å². The highest BCUT2D eigenvalue weighted by molar-refractivity contribution is 5.92. The molecular weight excluding hydrogens is 312 g/mol. The first-order chi connectivity index (χ1) is 10.7. The molecular formula is C18H23ClN2O2. The minimum absolute atomic E-state index is 0. The summed E-state index contributed by atoms with van der Waals surface area (Å²) in [6, 6.07) is 15.3. The second kappa shape index (κ2) is 9.87. The van der Waals surface area contributed by atoms with Crippen molar-refractivity contribution < 1.29 is 9.53 Å². The molecule has 0 aromatic heterocycles. The van der Waals surface area contributed by atoms with E-state index in [-0.39, 0.29) is 18.3 Å². The number of carbonyl (C=O) groups is 1. The van der Waals surface area contributed by atoms with Crippen LogP contribution in [-0.2, 0) is 4.79 Å². The zero-order valence-electron chi connectivity index (χ0n) is 13.5. The lowest BCUT2D eigenvalue weighted by molar-refractivity contribution is -0.116. The van der Waals surface area contributed by atoms with Crippen LogP contribution in [0.1, 0.15) is 18.4 Å². The molecule has 0 unspecified atom stereocenters. The number of aryl methyl sites for hydroxylation is 1. The Morgan fingerprint density at radius 3 is 2.57 bits per heavy atom. The number of hydrogen-bond acceptors (Lipinski definition) is 3. The fourth-order valence-electron chi connectivity index (χ4n) is 2.08. The van der Waals surface area contributed by atoms with Crippen molar-refractivity contribution in [3.63, 3.8) is 0 Å². The van der Waals surface area contributed by atoms with Gasteiger partial charge in [0.2, 0.25) is 5.91 Å². The highest BCUT2D eigenvalue weighted by Crippen LogP contribution is 2.30. The first-order valence-corrected chi connectivity index (χ1v) is 7.47. The van der Waals surface area contributed by atoms with Gasteiger partial charge in [-0.2, -0.15) is 0 Å². The molecule has 5 heteroatoms. The monoisotopic (exact) mass is 334 g/mol. The van der Waals surface area contributed by atoms with Crippen LogP contribution >= 0.6 is 12.4 Å². The van der Waals surface area contributed by atoms with Gasteiger partial charge in [-0.3, -0.25) is 4.79 Å². The van der Waals surface area contributed by atoms with Crippen molar-refractivity contribution >= 4 is 24.0 Å². The van der Waals surface area contributed by atoms with Crippen LogP contribution in [0.15, 0.2) is 48.5 Å². The Labute approximate surface area is 143 Å². The summed E-state index contributed by atoms with van der Waals surface area (Å²) < 4.78 is 5.86. The molecule has 0 aliphatic carbocycles. The quantitative estimate of drug-likeness (QED) is 0.748. The SMILES string of the molecule is CNCCCC(=O)Nc1cc(C)ccc1Oc1ccccc1.Cl. The van der Waals surface area contributed by atoms with E-state index in [0.717, 1.165) is 24.3 Å². The summed E-state index contributed by atoms with van der Waals surface area (Å²) >= 11 is 0. The molecule has 0 atom stereocenters. The first-order valence-electron chi connectivity index (χ1n) is 7.47. The van der Waals surface area contributed by atoms with Crippen LogP contribution in [0, 0.1) is 6.92 Å². The lowest BCUT2D eigenvalue weighted by atomic mass is 10.2. The van der Waals surface area contributed by atoms with Crippen LogP contribution < -0.4 is 15.4 Å². The molecule has 0 bridgehead atoms. The molecule has 0 saturated heterocycles. The minimum Gasteiger partial charge on any atom is -0.455 e. The molecule has 0 saturated carbocycles. The van der Waals surface area contributed by atoms with Crippen LogP contribution in [0.5, 0.6) is 11.5 Å². The Kier molecular flexibility index (Phi) is 8.16. The van der Waals surface area contributed by atoms with E-state index >= 15 is 0 Å². The maximum atomic E-state index is 12.0. The number of carbonyl (C=O) groups excluding carboxylic acids is 1. The van der Waals surface area contributed by atoms with E-state index in [1.807, 2.05) is 62.5 Å². The summed E-state index contributed by atoms with van der Waals surface area (Å²) in [4.78, 5) is 12.0. The van der Waals surface area contributed by atoms with E-state index in [4.69, 9.17) is 4.74 Å².